The minimum absolute atomic E-state index is 0.0437. The van der Waals surface area contributed by atoms with E-state index in [0.29, 0.717) is 17.4 Å². The number of nitrogens with one attached hydrogen (secondary N) is 1. The maximum absolute atomic E-state index is 13.3. The highest BCUT2D eigenvalue weighted by atomic mass is 32.2. The lowest BCUT2D eigenvalue weighted by atomic mass is 9.86. The van der Waals surface area contributed by atoms with Crippen molar-refractivity contribution in [3.8, 4) is 11.3 Å². The van der Waals surface area contributed by atoms with Crippen molar-refractivity contribution in [1.29, 1.82) is 0 Å². The smallest absolute Gasteiger partial charge is 0.230 e. The molecule has 1 saturated carbocycles. The molecule has 2 unspecified atom stereocenters. The summed E-state index contributed by atoms with van der Waals surface area (Å²) in [6.07, 6.45) is 4.68. The zero-order valence-electron chi connectivity index (χ0n) is 16.4. The molecule has 6 heteroatoms. The third kappa shape index (κ3) is 4.58. The summed E-state index contributed by atoms with van der Waals surface area (Å²) in [5.41, 5.74) is 1.53. The molecule has 1 aliphatic rings. The van der Waals surface area contributed by atoms with E-state index in [1.165, 1.54) is 43.2 Å². The lowest BCUT2D eigenvalue weighted by Crippen LogP contribution is -2.41. The molecule has 29 heavy (non-hydrogen) atoms. The third-order valence-electron chi connectivity index (χ3n) is 5.57. The van der Waals surface area contributed by atoms with Crippen LogP contribution in [0.2, 0.25) is 0 Å². The minimum atomic E-state index is -0.281. The lowest BCUT2D eigenvalue weighted by Gasteiger charge is -2.29. The van der Waals surface area contributed by atoms with Crippen LogP contribution in [0.1, 0.15) is 32.6 Å². The van der Waals surface area contributed by atoms with Gasteiger partial charge in [-0.15, -0.1) is 10.2 Å². The number of halogens is 1. The average Bonchev–Trinajstić information content (AvgIpc) is 2.74. The number of hydrogen-bond donors (Lipinski definition) is 1. The second kappa shape index (κ2) is 8.91. The molecule has 1 aromatic heterocycles. The number of amides is 1. The van der Waals surface area contributed by atoms with E-state index in [2.05, 4.69) is 22.4 Å². The van der Waals surface area contributed by atoms with E-state index >= 15 is 0 Å². The molecule has 1 amide bonds. The number of thioether (sulfide) groups is 1. The number of aromatic nitrogens is 2. The van der Waals surface area contributed by atoms with E-state index in [4.69, 9.17) is 0 Å². The first kappa shape index (κ1) is 19.8. The number of nitrogens with zero attached hydrogens (tertiary/aromatic N) is 2. The monoisotopic (exact) mass is 409 g/mol. The van der Waals surface area contributed by atoms with Crippen molar-refractivity contribution in [1.82, 2.24) is 15.5 Å². The normalized spacial score (nSPS) is 19.2. The van der Waals surface area contributed by atoms with Gasteiger partial charge in [0.1, 0.15) is 16.5 Å². The van der Waals surface area contributed by atoms with Gasteiger partial charge in [0.2, 0.25) is 5.91 Å². The molecule has 2 aromatic carbocycles. The van der Waals surface area contributed by atoms with Crippen molar-refractivity contribution in [3.05, 3.63) is 54.3 Å². The Morgan fingerprint density at radius 2 is 1.79 bits per heavy atom. The summed E-state index contributed by atoms with van der Waals surface area (Å²) in [6.45, 7) is 2.21. The Hall–Kier alpha value is -2.47. The van der Waals surface area contributed by atoms with Gasteiger partial charge in [-0.3, -0.25) is 4.79 Å². The topological polar surface area (TPSA) is 54.9 Å². The molecule has 0 aliphatic heterocycles. The van der Waals surface area contributed by atoms with Crippen LogP contribution in [-0.2, 0) is 4.79 Å². The van der Waals surface area contributed by atoms with Gasteiger partial charge in [0.25, 0.3) is 0 Å². The number of carbonyl (C=O) groups is 1. The van der Waals surface area contributed by atoms with Gasteiger partial charge in [0.15, 0.2) is 0 Å². The molecule has 4 rings (SSSR count). The Labute approximate surface area is 174 Å². The van der Waals surface area contributed by atoms with Crippen molar-refractivity contribution in [2.75, 3.05) is 5.75 Å². The first-order valence-electron chi connectivity index (χ1n) is 10.1. The zero-order valence-corrected chi connectivity index (χ0v) is 17.2. The molecule has 4 nitrogen and oxygen atoms in total. The highest BCUT2D eigenvalue weighted by Gasteiger charge is 2.23. The molecule has 1 heterocycles. The molecular formula is C23H24FN3OS. The quantitative estimate of drug-likeness (QED) is 0.587. The van der Waals surface area contributed by atoms with Crippen LogP contribution in [-0.4, -0.2) is 27.9 Å². The van der Waals surface area contributed by atoms with Crippen molar-refractivity contribution in [3.63, 3.8) is 0 Å². The molecule has 3 aromatic rings. The van der Waals surface area contributed by atoms with E-state index in [0.717, 1.165) is 27.8 Å². The predicted molar refractivity (Wildman–Crippen MR) is 115 cm³/mol. The Morgan fingerprint density at radius 1 is 1.07 bits per heavy atom. The Balaban J connectivity index is 1.52. The van der Waals surface area contributed by atoms with Gasteiger partial charge in [-0.05, 0) is 43.0 Å². The molecular weight excluding hydrogens is 385 g/mol. The van der Waals surface area contributed by atoms with Crippen LogP contribution in [0.5, 0.6) is 0 Å². The number of carbonyl (C=O) groups excluding carboxylic acids is 1. The van der Waals surface area contributed by atoms with Crippen LogP contribution in [0.25, 0.3) is 22.0 Å². The van der Waals surface area contributed by atoms with Crippen LogP contribution >= 0.6 is 11.8 Å². The van der Waals surface area contributed by atoms with E-state index in [1.807, 2.05) is 24.3 Å². The Bertz CT molecular complexity index is 1010. The first-order chi connectivity index (χ1) is 14.1. The van der Waals surface area contributed by atoms with Crippen molar-refractivity contribution >= 4 is 28.4 Å². The fourth-order valence-corrected chi connectivity index (χ4v) is 4.70. The summed E-state index contributed by atoms with van der Waals surface area (Å²) in [4.78, 5) is 12.5. The van der Waals surface area contributed by atoms with E-state index < -0.39 is 0 Å². The maximum Gasteiger partial charge on any atom is 0.230 e. The highest BCUT2D eigenvalue weighted by Crippen LogP contribution is 2.32. The van der Waals surface area contributed by atoms with Crippen LogP contribution < -0.4 is 5.32 Å². The largest absolute Gasteiger partial charge is 0.352 e. The van der Waals surface area contributed by atoms with Crippen LogP contribution in [0.3, 0.4) is 0 Å². The minimum Gasteiger partial charge on any atom is -0.352 e. The summed E-state index contributed by atoms with van der Waals surface area (Å²) < 4.78 is 13.3. The second-order valence-electron chi connectivity index (χ2n) is 7.63. The van der Waals surface area contributed by atoms with Gasteiger partial charge in [0.05, 0.1) is 5.75 Å². The number of benzene rings is 2. The van der Waals surface area contributed by atoms with E-state index in [-0.39, 0.29) is 17.8 Å². The fourth-order valence-electron chi connectivity index (χ4n) is 3.92. The van der Waals surface area contributed by atoms with Gasteiger partial charge in [-0.1, -0.05) is 55.8 Å². The fraction of sp³-hybridized carbons (Fsp3) is 0.348. The highest BCUT2D eigenvalue weighted by molar-refractivity contribution is 8.00. The van der Waals surface area contributed by atoms with Gasteiger partial charge in [-0.25, -0.2) is 4.39 Å². The Morgan fingerprint density at radius 3 is 2.55 bits per heavy atom. The van der Waals surface area contributed by atoms with E-state index in [9.17, 15) is 9.18 Å². The molecule has 1 fully saturated rings. The summed E-state index contributed by atoms with van der Waals surface area (Å²) >= 11 is 1.41. The molecule has 0 spiro atoms. The van der Waals surface area contributed by atoms with Crippen molar-refractivity contribution in [2.24, 2.45) is 5.92 Å². The van der Waals surface area contributed by atoms with E-state index in [1.54, 1.807) is 12.1 Å². The molecule has 2 atom stereocenters. The van der Waals surface area contributed by atoms with Gasteiger partial charge in [0, 0.05) is 22.4 Å². The number of rotatable bonds is 5. The molecule has 0 radical (unpaired) electrons. The average molecular weight is 410 g/mol. The van der Waals surface area contributed by atoms with Crippen LogP contribution in [0.4, 0.5) is 4.39 Å². The SMILES string of the molecule is CC1CCCCC1NC(=O)CSc1nnc(-c2ccc(F)cc2)c2ccccc12. The van der Waals surface area contributed by atoms with Crippen LogP contribution in [0.15, 0.2) is 53.6 Å². The number of fused-ring (bicyclic) bond motifs is 1. The molecule has 1 N–H and O–H groups in total. The van der Waals surface area contributed by atoms with Gasteiger partial charge in [-0.2, -0.15) is 0 Å². The lowest BCUT2D eigenvalue weighted by molar-refractivity contribution is -0.119. The summed E-state index contributed by atoms with van der Waals surface area (Å²) in [5.74, 6) is 0.615. The van der Waals surface area contributed by atoms with Crippen LogP contribution in [0, 0.1) is 11.7 Å². The first-order valence-corrected chi connectivity index (χ1v) is 11.0. The molecule has 0 saturated heterocycles. The van der Waals surface area contributed by atoms with Crippen molar-refractivity contribution in [2.45, 2.75) is 43.7 Å². The molecule has 0 bridgehead atoms. The van der Waals surface area contributed by atoms with Gasteiger partial charge >= 0.3 is 0 Å². The maximum atomic E-state index is 13.3. The molecule has 150 valence electrons. The summed E-state index contributed by atoms with van der Waals surface area (Å²) in [7, 11) is 0. The number of hydrogen-bond acceptors (Lipinski definition) is 4. The predicted octanol–water partition coefficient (Wildman–Crippen LogP) is 5.22. The standard InChI is InChI=1S/C23H24FN3OS/c1-15-6-2-5-9-20(15)25-21(28)14-29-23-19-8-4-3-7-18(19)22(26-27-23)16-10-12-17(24)13-11-16/h3-4,7-8,10-13,15,20H,2,5-6,9,14H2,1H3,(H,25,28). The van der Waals surface area contributed by atoms with Crippen molar-refractivity contribution < 1.29 is 9.18 Å². The third-order valence-corrected chi connectivity index (χ3v) is 6.55. The zero-order chi connectivity index (χ0) is 20.2. The molecule has 1 aliphatic carbocycles. The summed E-state index contributed by atoms with van der Waals surface area (Å²) in [6, 6.07) is 14.4. The van der Waals surface area contributed by atoms with Gasteiger partial charge < -0.3 is 5.32 Å². The second-order valence-corrected chi connectivity index (χ2v) is 8.59. The summed E-state index contributed by atoms with van der Waals surface area (Å²) in [5, 5.41) is 14.6. The Kier molecular flexibility index (Phi) is 6.09.